The van der Waals surface area contributed by atoms with Crippen LogP contribution in [0.1, 0.15) is 24.2 Å². The Morgan fingerprint density at radius 3 is 2.29 bits per heavy atom. The molecule has 0 fully saturated rings. The van der Waals surface area contributed by atoms with Crippen LogP contribution >= 0.6 is 0 Å². The molecule has 1 aromatic carbocycles. The third kappa shape index (κ3) is 2.59. The van der Waals surface area contributed by atoms with E-state index in [2.05, 4.69) is 4.98 Å². The SMILES string of the molecule is CC(C)C(=O)c1ccc(-c2ccccc2)nc1. The minimum Gasteiger partial charge on any atom is -0.294 e. The maximum absolute atomic E-state index is 11.8. The van der Waals surface area contributed by atoms with Gasteiger partial charge < -0.3 is 0 Å². The maximum atomic E-state index is 11.8. The van der Waals surface area contributed by atoms with E-state index < -0.39 is 0 Å². The number of benzene rings is 1. The van der Waals surface area contributed by atoms with E-state index in [4.69, 9.17) is 0 Å². The lowest BCUT2D eigenvalue weighted by molar-refractivity contribution is 0.0939. The molecule has 0 unspecified atom stereocenters. The second kappa shape index (κ2) is 4.91. The number of rotatable bonds is 3. The van der Waals surface area contributed by atoms with Crippen molar-refractivity contribution >= 4 is 5.78 Å². The smallest absolute Gasteiger partial charge is 0.166 e. The van der Waals surface area contributed by atoms with Crippen molar-refractivity contribution < 1.29 is 4.79 Å². The zero-order valence-corrected chi connectivity index (χ0v) is 10.1. The molecule has 0 aliphatic carbocycles. The molecular formula is C15H15NO. The molecule has 2 aromatic rings. The van der Waals surface area contributed by atoms with Crippen LogP contribution in [0.15, 0.2) is 48.7 Å². The third-order valence-electron chi connectivity index (χ3n) is 2.64. The lowest BCUT2D eigenvalue weighted by Gasteiger charge is -2.05. The van der Waals surface area contributed by atoms with Crippen molar-refractivity contribution in [3.05, 3.63) is 54.2 Å². The van der Waals surface area contributed by atoms with Gasteiger partial charge in [-0.05, 0) is 12.1 Å². The van der Waals surface area contributed by atoms with E-state index in [9.17, 15) is 4.79 Å². The molecule has 1 aromatic heterocycles. The van der Waals surface area contributed by atoms with Crippen molar-refractivity contribution in [2.24, 2.45) is 5.92 Å². The molecule has 0 spiro atoms. The number of hydrogen-bond donors (Lipinski definition) is 0. The molecule has 0 atom stereocenters. The average Bonchev–Trinajstić information content (AvgIpc) is 2.39. The fourth-order valence-electron chi connectivity index (χ4n) is 1.65. The normalized spacial score (nSPS) is 10.5. The summed E-state index contributed by atoms with van der Waals surface area (Å²) in [5, 5.41) is 0. The Labute approximate surface area is 101 Å². The Morgan fingerprint density at radius 2 is 1.76 bits per heavy atom. The Morgan fingerprint density at radius 1 is 1.06 bits per heavy atom. The summed E-state index contributed by atoms with van der Waals surface area (Å²) >= 11 is 0. The van der Waals surface area contributed by atoms with Crippen LogP contribution in [-0.2, 0) is 0 Å². The molecule has 0 aliphatic rings. The summed E-state index contributed by atoms with van der Waals surface area (Å²) in [7, 11) is 0. The summed E-state index contributed by atoms with van der Waals surface area (Å²) in [6.45, 7) is 3.79. The summed E-state index contributed by atoms with van der Waals surface area (Å²) in [4.78, 5) is 16.1. The van der Waals surface area contributed by atoms with Gasteiger partial charge in [0, 0.05) is 23.2 Å². The lowest BCUT2D eigenvalue weighted by Crippen LogP contribution is -2.07. The first-order chi connectivity index (χ1) is 8.18. The van der Waals surface area contributed by atoms with E-state index in [1.807, 2.05) is 56.3 Å². The number of carbonyl (C=O) groups is 1. The highest BCUT2D eigenvalue weighted by atomic mass is 16.1. The molecule has 17 heavy (non-hydrogen) atoms. The van der Waals surface area contributed by atoms with E-state index in [1.165, 1.54) is 0 Å². The minimum atomic E-state index is 0.0133. The summed E-state index contributed by atoms with van der Waals surface area (Å²) in [6.07, 6.45) is 1.66. The molecular weight excluding hydrogens is 210 g/mol. The van der Waals surface area contributed by atoms with Crippen LogP contribution < -0.4 is 0 Å². The van der Waals surface area contributed by atoms with Gasteiger partial charge in [0.2, 0.25) is 0 Å². The largest absolute Gasteiger partial charge is 0.294 e. The van der Waals surface area contributed by atoms with Crippen LogP contribution in [-0.4, -0.2) is 10.8 Å². The topological polar surface area (TPSA) is 30.0 Å². The van der Waals surface area contributed by atoms with E-state index in [1.54, 1.807) is 6.20 Å². The Kier molecular flexibility index (Phi) is 3.33. The molecule has 0 aliphatic heterocycles. The Hall–Kier alpha value is -1.96. The van der Waals surface area contributed by atoms with Crippen molar-refractivity contribution in [2.75, 3.05) is 0 Å². The van der Waals surface area contributed by atoms with E-state index in [0.717, 1.165) is 11.3 Å². The number of hydrogen-bond acceptors (Lipinski definition) is 2. The molecule has 86 valence electrons. The molecule has 0 radical (unpaired) electrons. The van der Waals surface area contributed by atoms with Gasteiger partial charge in [0.1, 0.15) is 0 Å². The monoisotopic (exact) mass is 225 g/mol. The minimum absolute atomic E-state index is 0.0133. The number of aromatic nitrogens is 1. The second-order valence-electron chi connectivity index (χ2n) is 4.32. The summed E-state index contributed by atoms with van der Waals surface area (Å²) in [6, 6.07) is 13.7. The van der Waals surface area contributed by atoms with E-state index in [0.29, 0.717) is 5.56 Å². The number of nitrogens with zero attached hydrogens (tertiary/aromatic N) is 1. The summed E-state index contributed by atoms with van der Waals surface area (Å²) in [5.41, 5.74) is 2.64. The van der Waals surface area contributed by atoms with Gasteiger partial charge in [0.05, 0.1) is 5.69 Å². The third-order valence-corrected chi connectivity index (χ3v) is 2.64. The van der Waals surface area contributed by atoms with Gasteiger partial charge >= 0.3 is 0 Å². The standard InChI is InChI=1S/C15H15NO/c1-11(2)15(17)13-8-9-14(16-10-13)12-6-4-3-5-7-12/h3-11H,1-2H3. The zero-order valence-electron chi connectivity index (χ0n) is 10.1. The quantitative estimate of drug-likeness (QED) is 0.747. The zero-order chi connectivity index (χ0) is 12.3. The molecule has 0 N–H and O–H groups in total. The Bertz CT molecular complexity index is 500. The molecule has 0 saturated carbocycles. The van der Waals surface area contributed by atoms with Crippen LogP contribution in [0.5, 0.6) is 0 Å². The number of ketones is 1. The highest BCUT2D eigenvalue weighted by molar-refractivity contribution is 5.97. The maximum Gasteiger partial charge on any atom is 0.166 e. The van der Waals surface area contributed by atoms with Gasteiger partial charge in [-0.3, -0.25) is 9.78 Å². The van der Waals surface area contributed by atoms with Crippen LogP contribution in [0, 0.1) is 5.92 Å². The fraction of sp³-hybridized carbons (Fsp3) is 0.200. The number of carbonyl (C=O) groups excluding carboxylic acids is 1. The average molecular weight is 225 g/mol. The first-order valence-electron chi connectivity index (χ1n) is 5.74. The number of pyridine rings is 1. The number of Topliss-reactive ketones (excluding diaryl/α,β-unsaturated/α-hetero) is 1. The lowest BCUT2D eigenvalue weighted by atomic mass is 10.0. The summed E-state index contributed by atoms with van der Waals surface area (Å²) < 4.78 is 0. The molecule has 2 nitrogen and oxygen atoms in total. The van der Waals surface area contributed by atoms with Gasteiger partial charge in [-0.2, -0.15) is 0 Å². The van der Waals surface area contributed by atoms with Gasteiger partial charge in [-0.15, -0.1) is 0 Å². The predicted molar refractivity (Wildman–Crippen MR) is 68.8 cm³/mol. The summed E-state index contributed by atoms with van der Waals surface area (Å²) in [5.74, 6) is 0.150. The molecule has 2 rings (SSSR count). The van der Waals surface area contributed by atoms with Crippen molar-refractivity contribution in [3.8, 4) is 11.3 Å². The highest BCUT2D eigenvalue weighted by Gasteiger charge is 2.10. The van der Waals surface area contributed by atoms with Crippen LogP contribution in [0.3, 0.4) is 0 Å². The van der Waals surface area contributed by atoms with Gasteiger partial charge in [-0.25, -0.2) is 0 Å². The second-order valence-corrected chi connectivity index (χ2v) is 4.32. The van der Waals surface area contributed by atoms with Gasteiger partial charge in [-0.1, -0.05) is 44.2 Å². The van der Waals surface area contributed by atoms with Gasteiger partial charge in [0.25, 0.3) is 0 Å². The van der Waals surface area contributed by atoms with Gasteiger partial charge in [0.15, 0.2) is 5.78 Å². The van der Waals surface area contributed by atoms with Crippen molar-refractivity contribution in [1.82, 2.24) is 4.98 Å². The van der Waals surface area contributed by atoms with Crippen molar-refractivity contribution in [2.45, 2.75) is 13.8 Å². The van der Waals surface area contributed by atoms with Crippen LogP contribution in [0.2, 0.25) is 0 Å². The molecule has 2 heteroatoms. The molecule has 0 saturated heterocycles. The van der Waals surface area contributed by atoms with E-state index in [-0.39, 0.29) is 11.7 Å². The van der Waals surface area contributed by atoms with Crippen molar-refractivity contribution in [1.29, 1.82) is 0 Å². The molecule has 0 bridgehead atoms. The highest BCUT2D eigenvalue weighted by Crippen LogP contribution is 2.17. The first-order valence-corrected chi connectivity index (χ1v) is 5.74. The first kappa shape index (κ1) is 11.5. The van der Waals surface area contributed by atoms with Crippen molar-refractivity contribution in [3.63, 3.8) is 0 Å². The Balaban J connectivity index is 2.28. The molecule has 1 heterocycles. The predicted octanol–water partition coefficient (Wildman–Crippen LogP) is 3.59. The van der Waals surface area contributed by atoms with E-state index >= 15 is 0 Å². The fourth-order valence-corrected chi connectivity index (χ4v) is 1.65. The van der Waals surface area contributed by atoms with Crippen LogP contribution in [0.4, 0.5) is 0 Å². The molecule has 0 amide bonds. The van der Waals surface area contributed by atoms with Crippen LogP contribution in [0.25, 0.3) is 11.3 Å².